The molecule has 8 heteroatoms. The van der Waals surface area contributed by atoms with E-state index in [0.29, 0.717) is 11.2 Å². The predicted octanol–water partition coefficient (Wildman–Crippen LogP) is 4.42. The van der Waals surface area contributed by atoms with Crippen molar-refractivity contribution in [1.29, 1.82) is 0 Å². The van der Waals surface area contributed by atoms with Crippen molar-refractivity contribution in [3.63, 3.8) is 0 Å². The van der Waals surface area contributed by atoms with Crippen molar-refractivity contribution < 1.29 is 23.8 Å². The lowest BCUT2D eigenvalue weighted by Gasteiger charge is -2.56. The molecule has 0 radical (unpaired) electrons. The summed E-state index contributed by atoms with van der Waals surface area (Å²) < 4.78 is 16.6. The van der Waals surface area contributed by atoms with Gasteiger partial charge in [-0.15, -0.1) is 0 Å². The molecule has 1 spiro atoms. The fourth-order valence-corrected chi connectivity index (χ4v) is 4.93. The summed E-state index contributed by atoms with van der Waals surface area (Å²) in [4.78, 5) is 33.3. The van der Waals surface area contributed by atoms with Crippen molar-refractivity contribution in [2.45, 2.75) is 51.4 Å². The van der Waals surface area contributed by atoms with E-state index in [0.717, 1.165) is 36.6 Å². The van der Waals surface area contributed by atoms with E-state index < -0.39 is 5.97 Å². The van der Waals surface area contributed by atoms with Crippen molar-refractivity contribution in [2.24, 2.45) is 5.41 Å². The number of carbonyl (C=O) groups is 2. The van der Waals surface area contributed by atoms with Gasteiger partial charge in [0.05, 0.1) is 6.61 Å². The number of pyridine rings is 2. The highest BCUT2D eigenvalue weighted by molar-refractivity contribution is 5.95. The maximum absolute atomic E-state index is 12.5. The molecule has 2 aliphatic carbocycles. The number of esters is 1. The van der Waals surface area contributed by atoms with Gasteiger partial charge in [0.2, 0.25) is 5.88 Å². The summed E-state index contributed by atoms with van der Waals surface area (Å²) in [5.41, 5.74) is 1.97. The largest absolute Gasteiger partial charge is 0.474 e. The number of nitrogens with zero attached hydrogens (tertiary/aromatic N) is 2. The molecule has 1 amide bonds. The highest BCUT2D eigenvalue weighted by Gasteiger charge is 2.54. The van der Waals surface area contributed by atoms with Gasteiger partial charge in [0, 0.05) is 17.6 Å². The van der Waals surface area contributed by atoms with Gasteiger partial charge in [-0.2, -0.15) is 4.98 Å². The second kappa shape index (κ2) is 9.29. The third kappa shape index (κ3) is 4.66. The Bertz CT molecular complexity index is 1190. The zero-order valence-electron chi connectivity index (χ0n) is 19.0. The number of benzene rings is 1. The molecule has 8 nitrogen and oxygen atoms in total. The van der Waals surface area contributed by atoms with Crippen LogP contribution in [0.15, 0.2) is 54.7 Å². The molecular formula is C26H27N3O5. The summed E-state index contributed by atoms with van der Waals surface area (Å²) >= 11 is 0. The van der Waals surface area contributed by atoms with Crippen molar-refractivity contribution in [2.75, 3.05) is 6.61 Å². The van der Waals surface area contributed by atoms with Gasteiger partial charge in [-0.1, -0.05) is 30.3 Å². The number of hydrogen-bond acceptors (Lipinski definition) is 7. The smallest absolute Gasteiger partial charge is 0.407 e. The minimum Gasteiger partial charge on any atom is -0.474 e. The molecule has 1 aromatic carbocycles. The summed E-state index contributed by atoms with van der Waals surface area (Å²) in [6, 6.07) is 15.1. The number of ether oxygens (including phenoxy) is 3. The fourth-order valence-electron chi connectivity index (χ4n) is 4.93. The van der Waals surface area contributed by atoms with Crippen LogP contribution in [0.2, 0.25) is 0 Å². The number of hydrogen-bond donors (Lipinski definition) is 1. The molecule has 2 saturated carbocycles. The normalized spacial score (nSPS) is 23.0. The summed E-state index contributed by atoms with van der Waals surface area (Å²) in [5.74, 6) is -0.185. The van der Waals surface area contributed by atoms with Gasteiger partial charge >= 0.3 is 12.1 Å². The first-order valence-corrected chi connectivity index (χ1v) is 11.6. The highest BCUT2D eigenvalue weighted by Crippen LogP contribution is 2.56. The number of amides is 1. The second-order valence-corrected chi connectivity index (χ2v) is 9.07. The SMILES string of the molecule is CCOC(=O)c1cc2cccnc2nc1OC1CC2(CC(NC(=O)OCc3ccccc3)C2)C1. The van der Waals surface area contributed by atoms with E-state index in [-0.39, 0.29) is 42.7 Å². The number of rotatable bonds is 7. The van der Waals surface area contributed by atoms with Crippen molar-refractivity contribution in [3.05, 3.63) is 65.9 Å². The van der Waals surface area contributed by atoms with E-state index in [1.807, 2.05) is 36.4 Å². The van der Waals surface area contributed by atoms with Crippen molar-refractivity contribution in [1.82, 2.24) is 15.3 Å². The summed E-state index contributed by atoms with van der Waals surface area (Å²) in [7, 11) is 0. The molecule has 0 saturated heterocycles. The molecule has 2 aromatic heterocycles. The molecule has 0 bridgehead atoms. The Balaban J connectivity index is 1.13. The van der Waals surface area contributed by atoms with Gasteiger partial charge in [-0.3, -0.25) is 0 Å². The second-order valence-electron chi connectivity index (χ2n) is 9.07. The molecule has 1 N–H and O–H groups in total. The van der Waals surface area contributed by atoms with E-state index in [1.54, 1.807) is 25.3 Å². The average molecular weight is 462 g/mol. The minimum absolute atomic E-state index is 0.0344. The molecule has 2 aliphatic rings. The van der Waals surface area contributed by atoms with Crippen LogP contribution >= 0.6 is 0 Å². The quantitative estimate of drug-likeness (QED) is 0.520. The minimum atomic E-state index is -0.452. The van der Waals surface area contributed by atoms with E-state index in [4.69, 9.17) is 14.2 Å². The Kier molecular flexibility index (Phi) is 6.04. The van der Waals surface area contributed by atoms with Gasteiger partial charge in [0.15, 0.2) is 5.65 Å². The zero-order chi connectivity index (χ0) is 23.5. The first kappa shape index (κ1) is 22.1. The molecule has 2 fully saturated rings. The van der Waals surface area contributed by atoms with Gasteiger partial charge in [0.25, 0.3) is 0 Å². The standard InChI is InChI=1S/C26H27N3O5/c1-2-32-24(30)21-11-18-9-6-10-27-22(18)29-23(21)34-20-14-26(15-20)12-19(13-26)28-25(31)33-16-17-7-4-3-5-8-17/h3-11,19-20H,2,12-16H2,1H3,(H,28,31). The molecule has 34 heavy (non-hydrogen) atoms. The monoisotopic (exact) mass is 461 g/mol. The van der Waals surface area contributed by atoms with Gasteiger partial charge in [-0.25, -0.2) is 14.6 Å². The Morgan fingerprint density at radius 1 is 1.06 bits per heavy atom. The van der Waals surface area contributed by atoms with E-state index >= 15 is 0 Å². The van der Waals surface area contributed by atoms with Crippen LogP contribution in [0.4, 0.5) is 4.79 Å². The first-order valence-electron chi connectivity index (χ1n) is 11.6. The molecule has 176 valence electrons. The van der Waals surface area contributed by atoms with Crippen LogP contribution in [-0.4, -0.2) is 40.8 Å². The molecular weight excluding hydrogens is 434 g/mol. The number of aromatic nitrogens is 2. The molecule has 2 heterocycles. The third-order valence-corrected chi connectivity index (χ3v) is 6.54. The first-order chi connectivity index (χ1) is 16.5. The fraction of sp³-hybridized carbons (Fsp3) is 0.385. The summed E-state index contributed by atoms with van der Waals surface area (Å²) in [6.45, 7) is 2.30. The van der Waals surface area contributed by atoms with Gasteiger partial charge in [-0.05, 0) is 61.8 Å². The van der Waals surface area contributed by atoms with Crippen LogP contribution in [0.5, 0.6) is 5.88 Å². The number of carbonyl (C=O) groups excluding carboxylic acids is 2. The van der Waals surface area contributed by atoms with Gasteiger partial charge in [0.1, 0.15) is 18.3 Å². The Hall–Kier alpha value is -3.68. The van der Waals surface area contributed by atoms with Crippen LogP contribution < -0.4 is 10.1 Å². The third-order valence-electron chi connectivity index (χ3n) is 6.54. The Labute approximate surface area is 197 Å². The molecule has 0 atom stereocenters. The topological polar surface area (TPSA) is 99.6 Å². The van der Waals surface area contributed by atoms with Crippen LogP contribution in [0.25, 0.3) is 11.0 Å². The lowest BCUT2D eigenvalue weighted by atomic mass is 9.53. The predicted molar refractivity (Wildman–Crippen MR) is 124 cm³/mol. The molecule has 0 unspecified atom stereocenters. The summed E-state index contributed by atoms with van der Waals surface area (Å²) in [5, 5.41) is 3.71. The summed E-state index contributed by atoms with van der Waals surface area (Å²) in [6.07, 6.45) is 4.74. The van der Waals surface area contributed by atoms with Crippen LogP contribution in [0.1, 0.15) is 48.5 Å². The van der Waals surface area contributed by atoms with Crippen molar-refractivity contribution >= 4 is 23.1 Å². The maximum Gasteiger partial charge on any atom is 0.407 e. The van der Waals surface area contributed by atoms with Crippen LogP contribution in [0, 0.1) is 5.41 Å². The van der Waals surface area contributed by atoms with E-state index in [9.17, 15) is 9.59 Å². The zero-order valence-corrected chi connectivity index (χ0v) is 19.0. The molecule has 3 aromatic rings. The maximum atomic E-state index is 12.5. The highest BCUT2D eigenvalue weighted by atomic mass is 16.5. The molecule has 0 aliphatic heterocycles. The number of nitrogens with one attached hydrogen (secondary N) is 1. The van der Waals surface area contributed by atoms with E-state index in [2.05, 4.69) is 15.3 Å². The Morgan fingerprint density at radius 3 is 2.62 bits per heavy atom. The average Bonchev–Trinajstić information content (AvgIpc) is 2.80. The van der Waals surface area contributed by atoms with Crippen molar-refractivity contribution in [3.8, 4) is 5.88 Å². The lowest BCUT2D eigenvalue weighted by molar-refractivity contribution is -0.0857. The van der Waals surface area contributed by atoms with E-state index in [1.165, 1.54) is 0 Å². The van der Waals surface area contributed by atoms with Crippen LogP contribution in [0.3, 0.4) is 0 Å². The lowest BCUT2D eigenvalue weighted by Crippen LogP contribution is -2.58. The number of alkyl carbamates (subject to hydrolysis) is 1. The van der Waals surface area contributed by atoms with Gasteiger partial charge < -0.3 is 19.5 Å². The Morgan fingerprint density at radius 2 is 1.85 bits per heavy atom. The molecule has 5 rings (SSSR count). The number of fused-ring (bicyclic) bond motifs is 1. The van der Waals surface area contributed by atoms with Crippen LogP contribution in [-0.2, 0) is 16.1 Å².